The van der Waals surface area contributed by atoms with Gasteiger partial charge in [0.25, 0.3) is 0 Å². The van der Waals surface area contributed by atoms with Crippen molar-refractivity contribution in [2.24, 2.45) is 0 Å². The standard InChI is InChI=1S/C12H14O3/c1-9(13)12(7-15-8-12)10-3-5-11(14-2)6-4-10/h3-6H,7-8H2,1-2H3. The smallest absolute Gasteiger partial charge is 0.145 e. The Balaban J connectivity index is 2.31. The number of carbonyl (C=O) groups is 1. The molecule has 0 amide bonds. The van der Waals surface area contributed by atoms with E-state index < -0.39 is 5.41 Å². The molecule has 15 heavy (non-hydrogen) atoms. The second kappa shape index (κ2) is 3.66. The third-order valence-corrected chi connectivity index (χ3v) is 3.01. The first-order valence-corrected chi connectivity index (χ1v) is 4.92. The van der Waals surface area contributed by atoms with Crippen molar-refractivity contribution in [2.45, 2.75) is 12.3 Å². The zero-order valence-corrected chi connectivity index (χ0v) is 8.95. The molecule has 2 rings (SSSR count). The van der Waals surface area contributed by atoms with Crippen LogP contribution >= 0.6 is 0 Å². The van der Waals surface area contributed by atoms with Gasteiger partial charge in [-0.05, 0) is 24.6 Å². The first kappa shape index (κ1) is 10.2. The Morgan fingerprint density at radius 1 is 1.33 bits per heavy atom. The minimum atomic E-state index is -0.410. The third-order valence-electron chi connectivity index (χ3n) is 3.01. The fourth-order valence-electron chi connectivity index (χ4n) is 1.79. The minimum absolute atomic E-state index is 0.166. The summed E-state index contributed by atoms with van der Waals surface area (Å²) in [5, 5.41) is 0. The molecule has 0 unspecified atom stereocenters. The fraction of sp³-hybridized carbons (Fsp3) is 0.417. The molecule has 1 heterocycles. The second-order valence-electron chi connectivity index (χ2n) is 3.86. The molecule has 0 N–H and O–H groups in total. The quantitative estimate of drug-likeness (QED) is 0.752. The topological polar surface area (TPSA) is 35.5 Å². The Morgan fingerprint density at radius 2 is 1.93 bits per heavy atom. The van der Waals surface area contributed by atoms with E-state index in [1.165, 1.54) is 0 Å². The second-order valence-corrected chi connectivity index (χ2v) is 3.86. The van der Waals surface area contributed by atoms with Gasteiger partial charge in [0.15, 0.2) is 0 Å². The summed E-state index contributed by atoms with van der Waals surface area (Å²) in [5.41, 5.74) is 0.605. The molecule has 3 nitrogen and oxygen atoms in total. The highest BCUT2D eigenvalue weighted by atomic mass is 16.5. The average molecular weight is 206 g/mol. The molecule has 0 spiro atoms. The predicted molar refractivity (Wildman–Crippen MR) is 56.2 cm³/mol. The molecule has 0 radical (unpaired) electrons. The molecule has 0 aromatic heterocycles. The highest BCUT2D eigenvalue weighted by molar-refractivity contribution is 5.89. The summed E-state index contributed by atoms with van der Waals surface area (Å²) in [4.78, 5) is 11.6. The summed E-state index contributed by atoms with van der Waals surface area (Å²) in [6, 6.07) is 7.61. The van der Waals surface area contributed by atoms with Gasteiger partial charge >= 0.3 is 0 Å². The van der Waals surface area contributed by atoms with Crippen molar-refractivity contribution < 1.29 is 14.3 Å². The first-order valence-electron chi connectivity index (χ1n) is 4.92. The van der Waals surface area contributed by atoms with Crippen molar-refractivity contribution in [2.75, 3.05) is 20.3 Å². The summed E-state index contributed by atoms with van der Waals surface area (Å²) in [7, 11) is 1.63. The number of methoxy groups -OCH3 is 1. The maximum absolute atomic E-state index is 11.6. The van der Waals surface area contributed by atoms with Gasteiger partial charge in [-0.2, -0.15) is 0 Å². The lowest BCUT2D eigenvalue weighted by Gasteiger charge is -2.39. The van der Waals surface area contributed by atoms with E-state index in [0.717, 1.165) is 11.3 Å². The van der Waals surface area contributed by atoms with Crippen LogP contribution < -0.4 is 4.74 Å². The van der Waals surface area contributed by atoms with Crippen LogP contribution in [0.25, 0.3) is 0 Å². The lowest BCUT2D eigenvalue weighted by molar-refractivity contribution is -0.140. The zero-order valence-electron chi connectivity index (χ0n) is 8.95. The molecule has 1 fully saturated rings. The molecule has 0 bridgehead atoms. The molecule has 1 saturated heterocycles. The van der Waals surface area contributed by atoms with E-state index in [1.807, 2.05) is 24.3 Å². The van der Waals surface area contributed by atoms with Gasteiger partial charge in [-0.15, -0.1) is 0 Å². The van der Waals surface area contributed by atoms with Gasteiger partial charge in [-0.1, -0.05) is 12.1 Å². The van der Waals surface area contributed by atoms with E-state index >= 15 is 0 Å². The van der Waals surface area contributed by atoms with Crippen LogP contribution in [0.15, 0.2) is 24.3 Å². The molecule has 3 heteroatoms. The number of benzene rings is 1. The number of carbonyl (C=O) groups excluding carboxylic acids is 1. The minimum Gasteiger partial charge on any atom is -0.497 e. The first-order chi connectivity index (χ1) is 7.19. The molecule has 0 aliphatic carbocycles. The van der Waals surface area contributed by atoms with Crippen LogP contribution in [0.4, 0.5) is 0 Å². The van der Waals surface area contributed by atoms with Gasteiger partial charge in [0.05, 0.1) is 20.3 Å². The highest BCUT2D eigenvalue weighted by Gasteiger charge is 2.44. The van der Waals surface area contributed by atoms with E-state index in [-0.39, 0.29) is 5.78 Å². The number of hydrogen-bond donors (Lipinski definition) is 0. The molecule has 1 aliphatic rings. The Morgan fingerprint density at radius 3 is 2.27 bits per heavy atom. The van der Waals surface area contributed by atoms with Crippen molar-refractivity contribution >= 4 is 5.78 Å². The van der Waals surface area contributed by atoms with Crippen LogP contribution in [-0.4, -0.2) is 26.1 Å². The zero-order chi connectivity index (χ0) is 10.9. The SMILES string of the molecule is COc1ccc(C2(C(C)=O)COC2)cc1. The Kier molecular flexibility index (Phi) is 2.49. The van der Waals surface area contributed by atoms with Gasteiger partial charge in [0.2, 0.25) is 0 Å². The largest absolute Gasteiger partial charge is 0.497 e. The summed E-state index contributed by atoms with van der Waals surface area (Å²) in [5.74, 6) is 0.969. The number of rotatable bonds is 3. The van der Waals surface area contributed by atoms with Gasteiger partial charge in [0, 0.05) is 0 Å². The van der Waals surface area contributed by atoms with Crippen molar-refractivity contribution in [3.8, 4) is 5.75 Å². The molecular weight excluding hydrogens is 192 g/mol. The summed E-state index contributed by atoms with van der Waals surface area (Å²) >= 11 is 0. The van der Waals surface area contributed by atoms with E-state index in [2.05, 4.69) is 0 Å². The van der Waals surface area contributed by atoms with Crippen LogP contribution in [0.5, 0.6) is 5.75 Å². The van der Waals surface area contributed by atoms with Crippen molar-refractivity contribution in [3.63, 3.8) is 0 Å². The van der Waals surface area contributed by atoms with Crippen LogP contribution in [0.1, 0.15) is 12.5 Å². The number of ketones is 1. The summed E-state index contributed by atoms with van der Waals surface area (Å²) in [6.45, 7) is 2.61. The number of hydrogen-bond acceptors (Lipinski definition) is 3. The Hall–Kier alpha value is -1.35. The van der Waals surface area contributed by atoms with Crippen LogP contribution in [0, 0.1) is 0 Å². The predicted octanol–water partition coefficient (Wildman–Crippen LogP) is 1.55. The van der Waals surface area contributed by atoms with Gasteiger partial charge in [-0.3, -0.25) is 4.79 Å². The monoisotopic (exact) mass is 206 g/mol. The van der Waals surface area contributed by atoms with E-state index in [4.69, 9.17) is 9.47 Å². The van der Waals surface area contributed by atoms with Gasteiger partial charge in [0.1, 0.15) is 16.9 Å². The maximum Gasteiger partial charge on any atom is 0.145 e. The molecule has 0 saturated carbocycles. The lowest BCUT2D eigenvalue weighted by Crippen LogP contribution is -2.52. The Labute approximate surface area is 89.0 Å². The normalized spacial score (nSPS) is 18.0. The van der Waals surface area contributed by atoms with Gasteiger partial charge in [-0.25, -0.2) is 0 Å². The van der Waals surface area contributed by atoms with Crippen LogP contribution in [-0.2, 0) is 14.9 Å². The Bertz CT molecular complexity index is 363. The van der Waals surface area contributed by atoms with E-state index in [0.29, 0.717) is 13.2 Å². The molecule has 1 aromatic rings. The molecular formula is C12H14O3. The van der Waals surface area contributed by atoms with Crippen molar-refractivity contribution in [1.82, 2.24) is 0 Å². The summed E-state index contributed by atoms with van der Waals surface area (Å²) in [6.07, 6.45) is 0. The van der Waals surface area contributed by atoms with Gasteiger partial charge < -0.3 is 9.47 Å². The van der Waals surface area contributed by atoms with Crippen molar-refractivity contribution in [3.05, 3.63) is 29.8 Å². The fourth-order valence-corrected chi connectivity index (χ4v) is 1.79. The molecule has 1 aromatic carbocycles. The van der Waals surface area contributed by atoms with Crippen LogP contribution in [0.2, 0.25) is 0 Å². The van der Waals surface area contributed by atoms with E-state index in [1.54, 1.807) is 14.0 Å². The summed E-state index contributed by atoms with van der Waals surface area (Å²) < 4.78 is 10.2. The molecule has 0 atom stereocenters. The number of Topliss-reactive ketones (excluding diaryl/α,β-unsaturated/α-hetero) is 1. The molecule has 1 aliphatic heterocycles. The van der Waals surface area contributed by atoms with Crippen LogP contribution in [0.3, 0.4) is 0 Å². The molecule has 80 valence electrons. The lowest BCUT2D eigenvalue weighted by atomic mass is 9.75. The highest BCUT2D eigenvalue weighted by Crippen LogP contribution is 2.34. The third kappa shape index (κ3) is 1.53. The van der Waals surface area contributed by atoms with E-state index in [9.17, 15) is 4.79 Å². The maximum atomic E-state index is 11.6. The average Bonchev–Trinajstić information content (AvgIpc) is 2.16. The van der Waals surface area contributed by atoms with Crippen molar-refractivity contribution in [1.29, 1.82) is 0 Å². The number of ether oxygens (including phenoxy) is 2.